The first kappa shape index (κ1) is 25.5. The van der Waals surface area contributed by atoms with E-state index in [4.69, 9.17) is 9.72 Å². The third-order valence-electron chi connectivity index (χ3n) is 8.19. The lowest BCUT2D eigenvalue weighted by atomic mass is 9.83. The fourth-order valence-corrected chi connectivity index (χ4v) is 6.86. The van der Waals surface area contributed by atoms with Gasteiger partial charge in [0.15, 0.2) is 5.13 Å². The van der Waals surface area contributed by atoms with E-state index in [-0.39, 0.29) is 6.03 Å². The summed E-state index contributed by atoms with van der Waals surface area (Å²) in [4.78, 5) is 24.6. The van der Waals surface area contributed by atoms with E-state index in [1.54, 1.807) is 7.11 Å². The van der Waals surface area contributed by atoms with Crippen LogP contribution in [0.1, 0.15) is 56.4 Å². The van der Waals surface area contributed by atoms with E-state index < -0.39 is 0 Å². The number of thiazole rings is 1. The number of ether oxygens (including phenoxy) is 1. The Morgan fingerprint density at radius 2 is 1.89 bits per heavy atom. The molecule has 5 rings (SSSR count). The van der Waals surface area contributed by atoms with Gasteiger partial charge in [-0.3, -0.25) is 10.2 Å². The first-order valence-electron chi connectivity index (χ1n) is 13.7. The summed E-state index contributed by atoms with van der Waals surface area (Å²) in [5, 5.41) is 5.72. The van der Waals surface area contributed by atoms with Crippen LogP contribution in [-0.4, -0.2) is 85.7 Å². The zero-order valence-corrected chi connectivity index (χ0v) is 22.7. The van der Waals surface area contributed by atoms with Gasteiger partial charge in [0, 0.05) is 50.2 Å². The van der Waals surface area contributed by atoms with Gasteiger partial charge in [-0.05, 0) is 68.8 Å². The maximum absolute atomic E-state index is 13.0. The normalized spacial score (nSPS) is 22.5. The third kappa shape index (κ3) is 6.21. The van der Waals surface area contributed by atoms with Crippen LogP contribution in [0.2, 0.25) is 0 Å². The number of anilines is 1. The van der Waals surface area contributed by atoms with E-state index in [0.717, 1.165) is 55.6 Å². The van der Waals surface area contributed by atoms with Crippen molar-refractivity contribution < 1.29 is 9.53 Å². The monoisotopic (exact) mass is 511 g/mol. The van der Waals surface area contributed by atoms with Gasteiger partial charge in [-0.25, -0.2) is 9.78 Å². The zero-order chi connectivity index (χ0) is 24.9. The minimum atomic E-state index is -0.0455. The van der Waals surface area contributed by atoms with E-state index in [1.165, 1.54) is 74.9 Å². The highest BCUT2D eigenvalue weighted by molar-refractivity contribution is 7.14. The average Bonchev–Trinajstić information content (AvgIpc) is 3.37. The van der Waals surface area contributed by atoms with E-state index in [9.17, 15) is 4.79 Å². The molecule has 1 atom stereocenters. The Balaban J connectivity index is 1.17. The van der Waals surface area contributed by atoms with Crippen molar-refractivity contribution in [1.29, 1.82) is 0 Å². The number of hydrogen-bond donors (Lipinski definition) is 1. The van der Waals surface area contributed by atoms with E-state index >= 15 is 0 Å². The summed E-state index contributed by atoms with van der Waals surface area (Å²) in [6, 6.07) is 6.48. The second kappa shape index (κ2) is 11.9. The molecule has 0 unspecified atom stereocenters. The lowest BCUT2D eigenvalue weighted by Gasteiger charge is -2.38. The molecule has 2 saturated heterocycles. The Kier molecular flexibility index (Phi) is 8.44. The Labute approximate surface area is 219 Å². The van der Waals surface area contributed by atoms with E-state index in [1.807, 2.05) is 10.3 Å². The Morgan fingerprint density at radius 1 is 1.08 bits per heavy atom. The number of carbonyl (C=O) groups is 1. The lowest BCUT2D eigenvalue weighted by molar-refractivity contribution is 0.109. The molecule has 1 N–H and O–H groups in total. The number of rotatable bonds is 6. The number of likely N-dealkylation sites (tertiary alicyclic amines) is 1. The van der Waals surface area contributed by atoms with Gasteiger partial charge in [0.1, 0.15) is 5.75 Å². The van der Waals surface area contributed by atoms with Crippen LogP contribution in [0.15, 0.2) is 23.6 Å². The highest BCUT2D eigenvalue weighted by Crippen LogP contribution is 2.38. The molecule has 0 spiro atoms. The van der Waals surface area contributed by atoms with Gasteiger partial charge in [-0.15, -0.1) is 11.3 Å². The molecule has 2 aliphatic heterocycles. The number of carbonyl (C=O) groups excluding carboxylic acids is 1. The fraction of sp³-hybridized carbons (Fsp3) is 0.643. The van der Waals surface area contributed by atoms with Crippen LogP contribution in [0.3, 0.4) is 0 Å². The largest absolute Gasteiger partial charge is 0.496 e. The van der Waals surface area contributed by atoms with Crippen LogP contribution >= 0.6 is 11.3 Å². The predicted octanol–water partition coefficient (Wildman–Crippen LogP) is 5.36. The van der Waals surface area contributed by atoms with Crippen molar-refractivity contribution in [3.8, 4) is 17.0 Å². The van der Waals surface area contributed by atoms with Crippen LogP contribution in [-0.2, 0) is 0 Å². The van der Waals surface area contributed by atoms with E-state index in [2.05, 4.69) is 40.4 Å². The van der Waals surface area contributed by atoms with Gasteiger partial charge in [0.2, 0.25) is 0 Å². The van der Waals surface area contributed by atoms with Crippen molar-refractivity contribution in [3.63, 3.8) is 0 Å². The molecule has 1 aliphatic carbocycles. The Bertz CT molecular complexity index is 1010. The Morgan fingerprint density at radius 3 is 2.64 bits per heavy atom. The van der Waals surface area contributed by atoms with Crippen molar-refractivity contribution in [2.75, 3.05) is 65.3 Å². The second-order valence-electron chi connectivity index (χ2n) is 10.8. The number of nitrogens with zero attached hydrogens (tertiary/aromatic N) is 4. The molecule has 0 bridgehead atoms. The van der Waals surface area contributed by atoms with Gasteiger partial charge in [0.25, 0.3) is 0 Å². The molecule has 3 fully saturated rings. The quantitative estimate of drug-likeness (QED) is 0.566. The molecular formula is C28H41N5O2S. The minimum absolute atomic E-state index is 0.0455. The molecule has 3 aliphatic rings. The average molecular weight is 512 g/mol. The van der Waals surface area contributed by atoms with Crippen molar-refractivity contribution >= 4 is 22.5 Å². The lowest BCUT2D eigenvalue weighted by Crippen LogP contribution is -2.51. The number of hydrogen-bond acceptors (Lipinski definition) is 6. The van der Waals surface area contributed by atoms with Crippen LogP contribution in [0, 0.1) is 5.92 Å². The molecule has 8 heteroatoms. The van der Waals surface area contributed by atoms with Crippen LogP contribution in [0.25, 0.3) is 11.3 Å². The molecule has 2 aromatic rings. The van der Waals surface area contributed by atoms with Gasteiger partial charge < -0.3 is 14.5 Å². The number of piperazine rings is 1. The van der Waals surface area contributed by atoms with Crippen molar-refractivity contribution in [1.82, 2.24) is 19.7 Å². The summed E-state index contributed by atoms with van der Waals surface area (Å²) < 4.78 is 5.66. The van der Waals surface area contributed by atoms with Crippen molar-refractivity contribution in [3.05, 3.63) is 29.1 Å². The number of benzene rings is 1. The van der Waals surface area contributed by atoms with Crippen molar-refractivity contribution in [2.45, 2.75) is 50.9 Å². The zero-order valence-electron chi connectivity index (χ0n) is 21.9. The first-order valence-corrected chi connectivity index (χ1v) is 14.6. The summed E-state index contributed by atoms with van der Waals surface area (Å²) in [6.45, 7) is 7.00. The van der Waals surface area contributed by atoms with Crippen LogP contribution in [0.4, 0.5) is 9.93 Å². The third-order valence-corrected chi connectivity index (χ3v) is 8.95. The predicted molar refractivity (Wildman–Crippen MR) is 147 cm³/mol. The summed E-state index contributed by atoms with van der Waals surface area (Å²) in [5.74, 6) is 2.21. The van der Waals surface area contributed by atoms with Crippen LogP contribution < -0.4 is 10.1 Å². The molecule has 0 radical (unpaired) electrons. The fourth-order valence-electron chi connectivity index (χ4n) is 6.16. The van der Waals surface area contributed by atoms with Crippen molar-refractivity contribution in [2.24, 2.45) is 5.92 Å². The molecule has 36 heavy (non-hydrogen) atoms. The summed E-state index contributed by atoms with van der Waals surface area (Å²) in [7, 11) is 3.93. The van der Waals surface area contributed by atoms with Gasteiger partial charge in [0.05, 0.1) is 12.8 Å². The molecule has 1 saturated carbocycles. The summed E-state index contributed by atoms with van der Waals surface area (Å²) in [5.41, 5.74) is 3.26. The van der Waals surface area contributed by atoms with Gasteiger partial charge in [-0.2, -0.15) is 0 Å². The number of nitrogens with one attached hydrogen (secondary N) is 1. The maximum atomic E-state index is 13.0. The molecule has 7 nitrogen and oxygen atoms in total. The molecule has 2 amide bonds. The smallest absolute Gasteiger partial charge is 0.323 e. The molecule has 3 heterocycles. The molecular weight excluding hydrogens is 470 g/mol. The minimum Gasteiger partial charge on any atom is -0.496 e. The maximum Gasteiger partial charge on any atom is 0.323 e. The van der Waals surface area contributed by atoms with Crippen LogP contribution in [0.5, 0.6) is 5.75 Å². The number of aromatic nitrogens is 1. The molecule has 1 aromatic carbocycles. The standard InChI is InChI=1S/C28H41N5O2S/c1-31-12-6-7-21(18-31)19-32-13-15-33(16-14-32)28(34)30-27-29-25(20-36-27)24-17-23(10-11-26(24)35-2)22-8-4-3-5-9-22/h10-11,17,20-22H,3-9,12-16,18-19H2,1-2H3,(H,29,30,34)/t21-/m1/s1. The summed E-state index contributed by atoms with van der Waals surface area (Å²) >= 11 is 1.48. The number of piperidine rings is 1. The number of methoxy groups -OCH3 is 1. The number of amides is 2. The highest BCUT2D eigenvalue weighted by Gasteiger charge is 2.26. The second-order valence-corrected chi connectivity index (χ2v) is 11.7. The topological polar surface area (TPSA) is 60.9 Å². The molecule has 1 aromatic heterocycles. The first-order chi connectivity index (χ1) is 17.6. The van der Waals surface area contributed by atoms with Gasteiger partial charge >= 0.3 is 6.03 Å². The Hall–Kier alpha value is -2.16. The van der Waals surface area contributed by atoms with E-state index in [0.29, 0.717) is 11.0 Å². The highest BCUT2D eigenvalue weighted by atomic mass is 32.1. The SMILES string of the molecule is COc1ccc(C2CCCCC2)cc1-c1csc(NC(=O)N2CCN(C[C@@H]3CCCN(C)C3)CC2)n1. The van der Waals surface area contributed by atoms with Gasteiger partial charge in [-0.1, -0.05) is 25.3 Å². The summed E-state index contributed by atoms with van der Waals surface area (Å²) in [6.07, 6.45) is 9.12. The number of urea groups is 1. The molecule has 196 valence electrons.